The van der Waals surface area contributed by atoms with E-state index >= 15 is 0 Å². The third-order valence-electron chi connectivity index (χ3n) is 3.99. The molecule has 2 aliphatic carbocycles. The van der Waals surface area contributed by atoms with E-state index in [0.717, 1.165) is 0 Å². The molecule has 2 aliphatic rings. The highest BCUT2D eigenvalue weighted by Crippen LogP contribution is 2.58. The van der Waals surface area contributed by atoms with Crippen molar-refractivity contribution in [1.29, 1.82) is 0 Å². The van der Waals surface area contributed by atoms with Crippen molar-refractivity contribution < 1.29 is 0 Å². The van der Waals surface area contributed by atoms with Crippen molar-refractivity contribution in [2.24, 2.45) is 0 Å². The number of fused-ring (bicyclic) bond motifs is 2. The zero-order valence-corrected chi connectivity index (χ0v) is 12.5. The van der Waals surface area contributed by atoms with E-state index in [4.69, 9.17) is 0 Å². The number of rotatable bonds is 0. The van der Waals surface area contributed by atoms with E-state index in [1.807, 2.05) is 27.7 Å². The fourth-order valence-corrected chi connectivity index (χ4v) is 3.07. The van der Waals surface area contributed by atoms with E-state index in [1.54, 1.807) is 11.1 Å². The Labute approximate surface area is 107 Å². The van der Waals surface area contributed by atoms with Gasteiger partial charge in [-0.3, -0.25) is 0 Å². The van der Waals surface area contributed by atoms with Crippen molar-refractivity contribution in [2.45, 2.75) is 72.6 Å². The molecule has 0 radical (unpaired) electrons. The molecular formula is C17H28. The molecule has 3 rings (SSSR count). The highest BCUT2D eigenvalue weighted by molar-refractivity contribution is 5.51. The molecule has 0 unspecified atom stereocenters. The molecule has 1 fully saturated rings. The summed E-state index contributed by atoms with van der Waals surface area (Å²) < 4.78 is 0. The lowest BCUT2D eigenvalue weighted by Crippen LogP contribution is -2.02. The second-order valence-electron chi connectivity index (χ2n) is 4.83. The van der Waals surface area contributed by atoms with Gasteiger partial charge in [-0.05, 0) is 67.2 Å². The molecular weight excluding hydrogens is 204 g/mol. The molecule has 1 spiro atoms. The minimum absolute atomic E-state index is 0.658. The topological polar surface area (TPSA) is 0 Å². The fourth-order valence-electron chi connectivity index (χ4n) is 3.07. The van der Waals surface area contributed by atoms with Crippen molar-refractivity contribution in [3.05, 3.63) is 34.4 Å². The summed E-state index contributed by atoms with van der Waals surface area (Å²) in [6, 6.07) is 4.59. The van der Waals surface area contributed by atoms with Crippen molar-refractivity contribution in [3.8, 4) is 0 Å². The first-order chi connectivity index (χ1) is 8.23. The first kappa shape index (κ1) is 14.3. The third kappa shape index (κ3) is 2.41. The van der Waals surface area contributed by atoms with Crippen molar-refractivity contribution in [2.75, 3.05) is 0 Å². The van der Waals surface area contributed by atoms with Gasteiger partial charge in [0.1, 0.15) is 0 Å². The van der Waals surface area contributed by atoms with Gasteiger partial charge in [0.25, 0.3) is 0 Å². The number of hydrogen-bond acceptors (Lipinski definition) is 0. The number of benzene rings is 1. The normalized spacial score (nSPS) is 17.5. The monoisotopic (exact) mass is 232 g/mol. The second kappa shape index (κ2) is 5.71. The minimum Gasteiger partial charge on any atom is -0.0683 e. The first-order valence-corrected chi connectivity index (χ1v) is 7.32. The quantitative estimate of drug-likeness (QED) is 0.567. The van der Waals surface area contributed by atoms with E-state index < -0.39 is 0 Å². The maximum Gasteiger partial charge on any atom is -0.00377 e. The lowest BCUT2D eigenvalue weighted by molar-refractivity contribution is 0.677. The lowest BCUT2D eigenvalue weighted by Gasteiger charge is -2.12. The van der Waals surface area contributed by atoms with Gasteiger partial charge in [0.15, 0.2) is 0 Å². The van der Waals surface area contributed by atoms with Crippen LogP contribution in [-0.2, 0) is 11.8 Å². The minimum atomic E-state index is 0.658. The molecule has 0 atom stereocenters. The highest BCUT2D eigenvalue weighted by atomic mass is 14.5. The van der Waals surface area contributed by atoms with E-state index in [9.17, 15) is 0 Å². The molecule has 0 aromatic heterocycles. The summed E-state index contributed by atoms with van der Waals surface area (Å²) >= 11 is 0. The summed E-state index contributed by atoms with van der Waals surface area (Å²) in [5.74, 6) is 0. The van der Waals surface area contributed by atoms with E-state index in [0.29, 0.717) is 5.41 Å². The average Bonchev–Trinajstić information content (AvgIpc) is 3.04. The fraction of sp³-hybridized carbons (Fsp3) is 0.647. The third-order valence-corrected chi connectivity index (χ3v) is 3.99. The zero-order valence-electron chi connectivity index (χ0n) is 12.5. The Morgan fingerprint density at radius 2 is 1.35 bits per heavy atom. The van der Waals surface area contributed by atoms with Gasteiger partial charge in [-0.25, -0.2) is 0 Å². The van der Waals surface area contributed by atoms with E-state index in [2.05, 4.69) is 26.0 Å². The molecule has 1 aromatic carbocycles. The van der Waals surface area contributed by atoms with Crippen molar-refractivity contribution in [1.82, 2.24) is 0 Å². The van der Waals surface area contributed by atoms with Crippen LogP contribution in [0.5, 0.6) is 0 Å². The van der Waals surface area contributed by atoms with Gasteiger partial charge in [0, 0.05) is 0 Å². The van der Waals surface area contributed by atoms with Crippen LogP contribution >= 0.6 is 0 Å². The molecule has 1 aromatic rings. The number of hydrogen-bond donors (Lipinski definition) is 0. The van der Waals surface area contributed by atoms with Gasteiger partial charge in [0.2, 0.25) is 0 Å². The van der Waals surface area contributed by atoms with E-state index in [1.165, 1.54) is 36.8 Å². The van der Waals surface area contributed by atoms with Crippen LogP contribution in [0.1, 0.15) is 69.2 Å². The Morgan fingerprint density at radius 3 is 1.88 bits per heavy atom. The van der Waals surface area contributed by atoms with Crippen LogP contribution in [0.25, 0.3) is 0 Å². The summed E-state index contributed by atoms with van der Waals surface area (Å²) in [7, 11) is 0. The van der Waals surface area contributed by atoms with Gasteiger partial charge >= 0.3 is 0 Å². The predicted octanol–water partition coefficient (Wildman–Crippen LogP) is 5.33. The molecule has 0 nitrogen and oxygen atoms in total. The van der Waals surface area contributed by atoms with Crippen LogP contribution in [0.4, 0.5) is 0 Å². The van der Waals surface area contributed by atoms with Crippen LogP contribution in [0.2, 0.25) is 0 Å². The molecule has 0 bridgehead atoms. The number of aryl methyl sites for hydroxylation is 2. The average molecular weight is 232 g/mol. The van der Waals surface area contributed by atoms with Crippen molar-refractivity contribution in [3.63, 3.8) is 0 Å². The molecule has 17 heavy (non-hydrogen) atoms. The van der Waals surface area contributed by atoms with Crippen LogP contribution in [0, 0.1) is 13.8 Å². The Balaban J connectivity index is 0.000000330. The second-order valence-corrected chi connectivity index (χ2v) is 4.83. The Kier molecular flexibility index (Phi) is 4.80. The standard InChI is InChI=1S/C13H16.2C2H6/c1-9-3-4-10(2)12-11(9)5-6-13(12)7-8-13;2*1-2/h3-4H,5-8H2,1-2H3;2*1-2H3. The van der Waals surface area contributed by atoms with Gasteiger partial charge in [0.05, 0.1) is 0 Å². The highest BCUT2D eigenvalue weighted by Gasteiger charge is 2.49. The van der Waals surface area contributed by atoms with Gasteiger partial charge < -0.3 is 0 Å². The largest absolute Gasteiger partial charge is 0.0683 e. The van der Waals surface area contributed by atoms with Gasteiger partial charge in [-0.15, -0.1) is 0 Å². The van der Waals surface area contributed by atoms with Crippen LogP contribution < -0.4 is 0 Å². The van der Waals surface area contributed by atoms with Crippen LogP contribution in [0.3, 0.4) is 0 Å². The summed E-state index contributed by atoms with van der Waals surface area (Å²) in [5, 5.41) is 0. The van der Waals surface area contributed by atoms with Crippen LogP contribution in [-0.4, -0.2) is 0 Å². The summed E-state index contributed by atoms with van der Waals surface area (Å²) in [6.07, 6.45) is 5.66. The summed E-state index contributed by atoms with van der Waals surface area (Å²) in [6.45, 7) is 12.5. The zero-order chi connectivity index (χ0) is 13.1. The van der Waals surface area contributed by atoms with Crippen LogP contribution in [0.15, 0.2) is 12.1 Å². The predicted molar refractivity (Wildman–Crippen MR) is 77.8 cm³/mol. The first-order valence-electron chi connectivity index (χ1n) is 7.32. The van der Waals surface area contributed by atoms with Gasteiger partial charge in [-0.1, -0.05) is 39.8 Å². The summed E-state index contributed by atoms with van der Waals surface area (Å²) in [4.78, 5) is 0. The van der Waals surface area contributed by atoms with Crippen molar-refractivity contribution >= 4 is 0 Å². The molecule has 0 aliphatic heterocycles. The van der Waals surface area contributed by atoms with E-state index in [-0.39, 0.29) is 0 Å². The molecule has 0 N–H and O–H groups in total. The Hall–Kier alpha value is -0.780. The SMILES string of the molecule is CC.CC.Cc1ccc(C)c2c1CCC21CC1. The molecule has 1 saturated carbocycles. The Morgan fingerprint density at radius 1 is 0.824 bits per heavy atom. The Bertz CT molecular complexity index is 370. The summed E-state index contributed by atoms with van der Waals surface area (Å²) in [5.41, 5.74) is 7.12. The molecule has 96 valence electrons. The lowest BCUT2D eigenvalue weighted by atomic mass is 9.92. The maximum absolute atomic E-state index is 2.31. The molecule has 0 heteroatoms. The smallest absolute Gasteiger partial charge is 0.00377 e. The molecule has 0 heterocycles. The molecule has 0 saturated heterocycles. The van der Waals surface area contributed by atoms with Gasteiger partial charge in [-0.2, -0.15) is 0 Å². The molecule has 0 amide bonds. The maximum atomic E-state index is 2.31.